The summed E-state index contributed by atoms with van der Waals surface area (Å²) in [7, 11) is 1.80. The van der Waals surface area contributed by atoms with Gasteiger partial charge in [0.05, 0.1) is 16.8 Å². The molecule has 2 bridgehead atoms. The Morgan fingerprint density at radius 3 is 2.62 bits per heavy atom. The molecule has 3 fully saturated rings. The highest BCUT2D eigenvalue weighted by Gasteiger charge is 2.70. The summed E-state index contributed by atoms with van der Waals surface area (Å²) < 4.78 is 7.45. The summed E-state index contributed by atoms with van der Waals surface area (Å²) in [5, 5.41) is 8.13. The van der Waals surface area contributed by atoms with Crippen LogP contribution in [-0.2, 0) is 10.3 Å². The highest BCUT2D eigenvalue weighted by molar-refractivity contribution is 5.23. The van der Waals surface area contributed by atoms with Crippen LogP contribution in [0, 0.1) is 6.92 Å². The summed E-state index contributed by atoms with van der Waals surface area (Å²) in [4.78, 5) is 0. The van der Waals surface area contributed by atoms with Crippen molar-refractivity contribution in [3.05, 3.63) is 11.9 Å². The lowest BCUT2D eigenvalue weighted by atomic mass is 9.46. The minimum Gasteiger partial charge on any atom is -0.378 e. The first-order valence-corrected chi connectivity index (χ1v) is 4.63. The SMILES string of the molecule is COC12CC(n3cc(C)nn3)(C1)C2. The summed E-state index contributed by atoms with van der Waals surface area (Å²) in [6.07, 6.45) is 5.36. The molecule has 13 heavy (non-hydrogen) atoms. The number of nitrogens with zero attached hydrogens (tertiary/aromatic N) is 3. The average Bonchev–Trinajstić information content (AvgIpc) is 2.31. The van der Waals surface area contributed by atoms with Crippen LogP contribution in [0.2, 0.25) is 0 Å². The third kappa shape index (κ3) is 0.746. The molecule has 0 saturated heterocycles. The van der Waals surface area contributed by atoms with E-state index in [0.717, 1.165) is 25.0 Å². The minimum atomic E-state index is 0.194. The van der Waals surface area contributed by atoms with Gasteiger partial charge in [0.15, 0.2) is 0 Å². The lowest BCUT2D eigenvalue weighted by Gasteiger charge is -2.68. The van der Waals surface area contributed by atoms with Crippen LogP contribution < -0.4 is 0 Å². The van der Waals surface area contributed by atoms with Gasteiger partial charge in [0, 0.05) is 32.6 Å². The average molecular weight is 179 g/mol. The summed E-state index contributed by atoms with van der Waals surface area (Å²) in [5.41, 5.74) is 1.45. The van der Waals surface area contributed by atoms with E-state index in [4.69, 9.17) is 4.74 Å². The van der Waals surface area contributed by atoms with E-state index < -0.39 is 0 Å². The van der Waals surface area contributed by atoms with Gasteiger partial charge in [-0.1, -0.05) is 5.21 Å². The number of hydrogen-bond acceptors (Lipinski definition) is 3. The number of ether oxygens (including phenoxy) is 1. The van der Waals surface area contributed by atoms with Crippen LogP contribution in [0.15, 0.2) is 6.20 Å². The molecule has 1 aromatic rings. The Kier molecular flexibility index (Phi) is 1.12. The number of aryl methyl sites for hydroxylation is 1. The van der Waals surface area contributed by atoms with E-state index in [2.05, 4.69) is 10.3 Å². The molecule has 4 nitrogen and oxygen atoms in total. The molecule has 0 aliphatic heterocycles. The van der Waals surface area contributed by atoms with E-state index in [1.807, 2.05) is 17.8 Å². The molecule has 3 aliphatic rings. The Bertz CT molecular complexity index is 338. The van der Waals surface area contributed by atoms with Crippen molar-refractivity contribution in [3.8, 4) is 0 Å². The Morgan fingerprint density at radius 1 is 1.46 bits per heavy atom. The molecule has 0 atom stereocenters. The third-order valence-corrected chi connectivity index (χ3v) is 3.48. The molecule has 1 aromatic heterocycles. The Morgan fingerprint density at radius 2 is 2.15 bits per heavy atom. The van der Waals surface area contributed by atoms with E-state index in [1.54, 1.807) is 7.11 Å². The summed E-state index contributed by atoms with van der Waals surface area (Å²) in [6, 6.07) is 0. The van der Waals surface area contributed by atoms with Gasteiger partial charge in [-0.15, -0.1) is 5.10 Å². The van der Waals surface area contributed by atoms with Gasteiger partial charge in [0.2, 0.25) is 0 Å². The predicted octanol–water partition coefficient (Wildman–Crippen LogP) is 0.865. The molecule has 0 aromatic carbocycles. The van der Waals surface area contributed by atoms with Crippen LogP contribution in [0.5, 0.6) is 0 Å². The zero-order valence-electron chi connectivity index (χ0n) is 7.95. The largest absolute Gasteiger partial charge is 0.378 e. The summed E-state index contributed by atoms with van der Waals surface area (Å²) >= 11 is 0. The standard InChI is InChI=1S/C9H13N3O/c1-7-3-12(11-10-7)8-4-9(5-8,6-8)13-2/h3H,4-6H2,1-2H3. The zero-order chi connectivity index (χ0) is 9.10. The van der Waals surface area contributed by atoms with E-state index in [-0.39, 0.29) is 11.1 Å². The van der Waals surface area contributed by atoms with Crippen LogP contribution in [-0.4, -0.2) is 27.7 Å². The fourth-order valence-electron chi connectivity index (χ4n) is 2.68. The maximum Gasteiger partial charge on any atom is 0.0796 e. The second-order valence-corrected chi connectivity index (χ2v) is 4.45. The van der Waals surface area contributed by atoms with Crippen molar-refractivity contribution in [2.75, 3.05) is 7.11 Å². The van der Waals surface area contributed by atoms with Gasteiger partial charge in [-0.25, -0.2) is 4.68 Å². The first kappa shape index (κ1) is 7.50. The number of aromatic nitrogens is 3. The number of hydrogen-bond donors (Lipinski definition) is 0. The lowest BCUT2D eigenvalue weighted by molar-refractivity contribution is -0.265. The quantitative estimate of drug-likeness (QED) is 0.676. The highest BCUT2D eigenvalue weighted by Crippen LogP contribution is 2.66. The third-order valence-electron chi connectivity index (χ3n) is 3.48. The van der Waals surface area contributed by atoms with Gasteiger partial charge in [-0.05, 0) is 6.92 Å². The minimum absolute atomic E-state index is 0.194. The van der Waals surface area contributed by atoms with Gasteiger partial charge in [0.25, 0.3) is 0 Å². The van der Waals surface area contributed by atoms with Crippen molar-refractivity contribution >= 4 is 0 Å². The molecule has 0 spiro atoms. The topological polar surface area (TPSA) is 39.9 Å². The van der Waals surface area contributed by atoms with Gasteiger partial charge < -0.3 is 4.74 Å². The van der Waals surface area contributed by atoms with Crippen molar-refractivity contribution in [1.82, 2.24) is 15.0 Å². The second-order valence-electron chi connectivity index (χ2n) is 4.45. The number of methoxy groups -OCH3 is 1. The van der Waals surface area contributed by atoms with Crippen molar-refractivity contribution in [2.24, 2.45) is 0 Å². The highest BCUT2D eigenvalue weighted by atomic mass is 16.5. The lowest BCUT2D eigenvalue weighted by Crippen LogP contribution is -2.73. The molecule has 3 saturated carbocycles. The molecule has 0 unspecified atom stereocenters. The Balaban J connectivity index is 1.84. The Labute approximate surface area is 76.9 Å². The van der Waals surface area contributed by atoms with E-state index in [9.17, 15) is 0 Å². The van der Waals surface area contributed by atoms with Crippen molar-refractivity contribution in [2.45, 2.75) is 37.3 Å². The second kappa shape index (κ2) is 1.95. The molecular weight excluding hydrogens is 166 g/mol. The normalized spacial score (nSPS) is 41.1. The van der Waals surface area contributed by atoms with E-state index in [1.165, 1.54) is 0 Å². The monoisotopic (exact) mass is 179 g/mol. The molecule has 0 radical (unpaired) electrons. The molecule has 0 amide bonds. The Hall–Kier alpha value is -0.900. The van der Waals surface area contributed by atoms with Crippen LogP contribution in [0.25, 0.3) is 0 Å². The van der Waals surface area contributed by atoms with Crippen molar-refractivity contribution in [3.63, 3.8) is 0 Å². The van der Waals surface area contributed by atoms with Crippen LogP contribution >= 0.6 is 0 Å². The van der Waals surface area contributed by atoms with E-state index >= 15 is 0 Å². The summed E-state index contributed by atoms with van der Waals surface area (Å²) in [6.45, 7) is 1.97. The number of rotatable bonds is 2. The van der Waals surface area contributed by atoms with Crippen LogP contribution in [0.1, 0.15) is 25.0 Å². The van der Waals surface area contributed by atoms with Gasteiger partial charge >= 0.3 is 0 Å². The van der Waals surface area contributed by atoms with Crippen molar-refractivity contribution in [1.29, 1.82) is 0 Å². The maximum absolute atomic E-state index is 5.43. The van der Waals surface area contributed by atoms with Crippen LogP contribution in [0.4, 0.5) is 0 Å². The van der Waals surface area contributed by atoms with Gasteiger partial charge in [0.1, 0.15) is 0 Å². The molecule has 4 heteroatoms. The summed E-state index contributed by atoms with van der Waals surface area (Å²) in [5.74, 6) is 0. The fraction of sp³-hybridized carbons (Fsp3) is 0.778. The first-order chi connectivity index (χ1) is 6.18. The van der Waals surface area contributed by atoms with Crippen LogP contribution in [0.3, 0.4) is 0 Å². The molecule has 70 valence electrons. The maximum atomic E-state index is 5.43. The van der Waals surface area contributed by atoms with Gasteiger partial charge in [-0.2, -0.15) is 0 Å². The smallest absolute Gasteiger partial charge is 0.0796 e. The molecule has 3 aliphatic carbocycles. The molecule has 0 N–H and O–H groups in total. The first-order valence-electron chi connectivity index (χ1n) is 4.63. The van der Waals surface area contributed by atoms with Crippen molar-refractivity contribution < 1.29 is 4.74 Å². The van der Waals surface area contributed by atoms with Gasteiger partial charge in [-0.3, -0.25) is 0 Å². The van der Waals surface area contributed by atoms with E-state index in [0.29, 0.717) is 0 Å². The fourth-order valence-corrected chi connectivity index (χ4v) is 2.68. The molecule has 4 rings (SSSR count). The predicted molar refractivity (Wildman–Crippen MR) is 46.3 cm³/mol. The zero-order valence-corrected chi connectivity index (χ0v) is 7.95. The molecule has 1 heterocycles. The molecular formula is C9H13N3O.